The van der Waals surface area contributed by atoms with E-state index < -0.39 is 12.1 Å². The first-order valence-corrected chi connectivity index (χ1v) is 9.20. The molecule has 7 nitrogen and oxygen atoms in total. The van der Waals surface area contributed by atoms with Crippen molar-refractivity contribution < 1.29 is 13.6 Å². The Morgan fingerprint density at radius 1 is 1.22 bits per heavy atom. The minimum absolute atomic E-state index is 0.000740. The van der Waals surface area contributed by atoms with Crippen LogP contribution in [0.1, 0.15) is 48.2 Å². The average molecular weight is 376 g/mol. The van der Waals surface area contributed by atoms with Crippen LogP contribution in [0.5, 0.6) is 0 Å². The van der Waals surface area contributed by atoms with E-state index in [1.54, 1.807) is 24.5 Å². The second-order valence-corrected chi connectivity index (χ2v) is 7.13. The summed E-state index contributed by atoms with van der Waals surface area (Å²) < 4.78 is 27.6. The van der Waals surface area contributed by atoms with Crippen LogP contribution >= 0.6 is 0 Å². The highest BCUT2D eigenvalue weighted by Gasteiger charge is 2.37. The number of hydrogen-bond donors (Lipinski definition) is 0. The van der Waals surface area contributed by atoms with Gasteiger partial charge in [0.1, 0.15) is 17.8 Å². The van der Waals surface area contributed by atoms with Gasteiger partial charge in [-0.05, 0) is 31.7 Å². The van der Waals surface area contributed by atoms with Crippen molar-refractivity contribution in [3.63, 3.8) is 0 Å². The minimum Gasteiger partial charge on any atom is -0.350 e. The monoisotopic (exact) mass is 376 g/mol. The topological polar surface area (TPSA) is 67.2 Å². The third kappa shape index (κ3) is 3.63. The molecule has 2 aliphatic rings. The fourth-order valence-corrected chi connectivity index (χ4v) is 3.81. The lowest BCUT2D eigenvalue weighted by Crippen LogP contribution is -2.48. The van der Waals surface area contributed by atoms with Crippen molar-refractivity contribution in [1.82, 2.24) is 24.6 Å². The van der Waals surface area contributed by atoms with Gasteiger partial charge in [-0.25, -0.2) is 18.7 Å². The summed E-state index contributed by atoms with van der Waals surface area (Å²) in [6.45, 7) is 1.07. The summed E-state index contributed by atoms with van der Waals surface area (Å²) in [7, 11) is 1.55. The zero-order chi connectivity index (χ0) is 19.0. The maximum absolute atomic E-state index is 13.2. The Hall–Kier alpha value is -2.58. The van der Waals surface area contributed by atoms with E-state index >= 15 is 0 Å². The molecule has 3 heterocycles. The maximum atomic E-state index is 13.2. The van der Waals surface area contributed by atoms with Gasteiger partial charge >= 0.3 is 0 Å². The Labute approximate surface area is 156 Å². The third-order valence-electron chi connectivity index (χ3n) is 5.21. The lowest BCUT2D eigenvalue weighted by molar-refractivity contribution is 0.0700. The van der Waals surface area contributed by atoms with Crippen LogP contribution in [-0.2, 0) is 7.05 Å². The number of piperidine rings is 1. The number of alkyl halides is 2. The van der Waals surface area contributed by atoms with E-state index in [9.17, 15) is 13.6 Å². The van der Waals surface area contributed by atoms with Gasteiger partial charge in [-0.15, -0.1) is 0 Å². The molecular formula is C18H22F2N6O. The Kier molecular flexibility index (Phi) is 4.75. The molecule has 4 rings (SSSR count). The molecule has 0 N–H and O–H groups in total. The van der Waals surface area contributed by atoms with Crippen molar-refractivity contribution in [2.75, 3.05) is 18.0 Å². The van der Waals surface area contributed by atoms with Crippen molar-refractivity contribution >= 4 is 11.7 Å². The third-order valence-corrected chi connectivity index (χ3v) is 5.21. The van der Waals surface area contributed by atoms with Gasteiger partial charge in [0.2, 0.25) is 0 Å². The molecule has 1 saturated carbocycles. The predicted octanol–water partition coefficient (Wildman–Crippen LogP) is 2.42. The Balaban J connectivity index is 1.45. The Morgan fingerprint density at radius 2 is 1.93 bits per heavy atom. The van der Waals surface area contributed by atoms with E-state index in [2.05, 4.69) is 20.0 Å². The summed E-state index contributed by atoms with van der Waals surface area (Å²) in [4.78, 5) is 25.1. The summed E-state index contributed by atoms with van der Waals surface area (Å²) in [6.07, 6.45) is 5.79. The van der Waals surface area contributed by atoms with E-state index in [1.165, 1.54) is 10.9 Å². The number of amides is 1. The zero-order valence-corrected chi connectivity index (χ0v) is 15.1. The number of halogens is 2. The van der Waals surface area contributed by atoms with Crippen LogP contribution in [0.4, 0.5) is 14.6 Å². The quantitative estimate of drug-likeness (QED) is 0.802. The molecule has 1 saturated heterocycles. The summed E-state index contributed by atoms with van der Waals surface area (Å²) in [5.74, 6) is 0.557. The maximum Gasteiger partial charge on any atom is 0.282 e. The first kappa shape index (κ1) is 17.8. The van der Waals surface area contributed by atoms with Crippen LogP contribution in [0.3, 0.4) is 0 Å². The van der Waals surface area contributed by atoms with E-state index in [1.807, 2.05) is 6.07 Å². The van der Waals surface area contributed by atoms with Crippen molar-refractivity contribution in [3.05, 3.63) is 36.0 Å². The molecule has 2 aromatic heterocycles. The molecule has 9 heteroatoms. The fourth-order valence-electron chi connectivity index (χ4n) is 3.81. The number of rotatable bonds is 5. The molecule has 1 aliphatic carbocycles. The van der Waals surface area contributed by atoms with Crippen LogP contribution in [-0.4, -0.2) is 55.7 Å². The van der Waals surface area contributed by atoms with Crippen LogP contribution < -0.4 is 4.90 Å². The van der Waals surface area contributed by atoms with Gasteiger partial charge in [-0.1, -0.05) is 0 Å². The van der Waals surface area contributed by atoms with E-state index in [-0.39, 0.29) is 11.5 Å². The molecule has 2 aromatic rings. The highest BCUT2D eigenvalue weighted by Crippen LogP contribution is 2.35. The van der Waals surface area contributed by atoms with Gasteiger partial charge in [0, 0.05) is 44.6 Å². The van der Waals surface area contributed by atoms with Crippen LogP contribution in [0.2, 0.25) is 0 Å². The fraction of sp³-hybridized carbons (Fsp3) is 0.556. The summed E-state index contributed by atoms with van der Waals surface area (Å²) in [5, 5.41) is 3.74. The lowest BCUT2D eigenvalue weighted by Gasteiger charge is -2.39. The van der Waals surface area contributed by atoms with Crippen LogP contribution in [0.25, 0.3) is 0 Å². The molecule has 1 aliphatic heterocycles. The number of likely N-dealkylation sites (tertiary alicyclic amines) is 1. The minimum atomic E-state index is -2.76. The normalized spacial score (nSPS) is 18.1. The van der Waals surface area contributed by atoms with Gasteiger partial charge in [0.05, 0.1) is 5.56 Å². The summed E-state index contributed by atoms with van der Waals surface area (Å²) >= 11 is 0. The van der Waals surface area contributed by atoms with E-state index in [4.69, 9.17) is 0 Å². The van der Waals surface area contributed by atoms with Gasteiger partial charge in [0.25, 0.3) is 12.3 Å². The molecule has 0 bridgehead atoms. The zero-order valence-electron chi connectivity index (χ0n) is 15.1. The molecule has 1 amide bonds. The first-order valence-electron chi connectivity index (χ1n) is 9.20. The average Bonchev–Trinajstić information content (AvgIpc) is 3.43. The first-order chi connectivity index (χ1) is 13.0. The number of carbonyl (C=O) groups excluding carboxylic acids is 1. The number of nitrogens with zero attached hydrogens (tertiary/aromatic N) is 6. The van der Waals surface area contributed by atoms with Gasteiger partial charge < -0.3 is 9.80 Å². The lowest BCUT2D eigenvalue weighted by atomic mass is 10.0. The Bertz CT molecular complexity index is 799. The number of hydrogen-bond acceptors (Lipinski definition) is 5. The van der Waals surface area contributed by atoms with Crippen molar-refractivity contribution in [2.45, 2.75) is 44.2 Å². The molecule has 0 radical (unpaired) electrons. The van der Waals surface area contributed by atoms with Gasteiger partial charge in [-0.3, -0.25) is 9.48 Å². The Morgan fingerprint density at radius 3 is 2.52 bits per heavy atom. The number of aromatic nitrogens is 4. The molecular weight excluding hydrogens is 354 g/mol. The predicted molar refractivity (Wildman–Crippen MR) is 94.6 cm³/mol. The summed E-state index contributed by atoms with van der Waals surface area (Å²) in [5.41, 5.74) is -0.439. The molecule has 0 atom stereocenters. The summed E-state index contributed by atoms with van der Waals surface area (Å²) in [6, 6.07) is 2.70. The van der Waals surface area contributed by atoms with Gasteiger partial charge in [0.15, 0.2) is 0 Å². The van der Waals surface area contributed by atoms with Crippen molar-refractivity contribution in [2.24, 2.45) is 7.05 Å². The van der Waals surface area contributed by atoms with E-state index in [0.29, 0.717) is 25.2 Å². The number of aryl methyl sites for hydroxylation is 1. The highest BCUT2D eigenvalue weighted by molar-refractivity contribution is 5.95. The number of carbonyl (C=O) groups is 1. The van der Waals surface area contributed by atoms with Crippen molar-refractivity contribution in [3.8, 4) is 0 Å². The van der Waals surface area contributed by atoms with E-state index in [0.717, 1.165) is 31.5 Å². The van der Waals surface area contributed by atoms with Crippen LogP contribution in [0, 0.1) is 0 Å². The smallest absolute Gasteiger partial charge is 0.282 e. The van der Waals surface area contributed by atoms with Crippen LogP contribution in [0.15, 0.2) is 24.8 Å². The molecule has 144 valence electrons. The molecule has 2 fully saturated rings. The van der Waals surface area contributed by atoms with Gasteiger partial charge in [-0.2, -0.15) is 5.10 Å². The molecule has 27 heavy (non-hydrogen) atoms. The second-order valence-electron chi connectivity index (χ2n) is 7.13. The number of anilines is 1. The molecule has 0 spiro atoms. The standard InChI is InChI=1S/C18H22F2N6O/c1-24-10-14(16(23-24)17(19)20)18(27)25-8-5-13(6-9-25)26(12-2-3-12)15-4-7-21-11-22-15/h4,7,10-13,17H,2-3,5-6,8-9H2,1H3. The van der Waals surface area contributed by atoms with Crippen molar-refractivity contribution in [1.29, 1.82) is 0 Å². The largest absolute Gasteiger partial charge is 0.350 e. The molecule has 0 unspecified atom stereocenters. The SMILES string of the molecule is Cn1cc(C(=O)N2CCC(N(c3ccncn3)C3CC3)CC2)c(C(F)F)n1. The molecule has 0 aromatic carbocycles. The highest BCUT2D eigenvalue weighted by atomic mass is 19.3. The second kappa shape index (κ2) is 7.21.